The lowest BCUT2D eigenvalue weighted by Crippen LogP contribution is -2.33. The van der Waals surface area contributed by atoms with Gasteiger partial charge in [-0.1, -0.05) is 35.2 Å². The van der Waals surface area contributed by atoms with Gasteiger partial charge in [-0.15, -0.1) is 10.2 Å². The molecule has 2 heterocycles. The van der Waals surface area contributed by atoms with Crippen LogP contribution in [-0.2, 0) is 11.0 Å². The zero-order valence-electron chi connectivity index (χ0n) is 13.9. The van der Waals surface area contributed by atoms with Gasteiger partial charge >= 0.3 is 6.18 Å². The molecule has 1 amide bonds. The van der Waals surface area contributed by atoms with Crippen LogP contribution in [0.25, 0.3) is 0 Å². The van der Waals surface area contributed by atoms with E-state index in [0.29, 0.717) is 4.34 Å². The predicted octanol–water partition coefficient (Wildman–Crippen LogP) is 4.40. The van der Waals surface area contributed by atoms with Crippen molar-refractivity contribution in [1.82, 2.24) is 15.1 Å². The lowest BCUT2D eigenvalue weighted by Gasteiger charge is -2.18. The first kappa shape index (κ1) is 19.0. The highest BCUT2D eigenvalue weighted by molar-refractivity contribution is 8.02. The molecule has 10 heteroatoms. The number of thioether (sulfide) groups is 1. The molecule has 0 bridgehead atoms. The van der Waals surface area contributed by atoms with Crippen molar-refractivity contribution in [3.63, 3.8) is 0 Å². The Labute approximate surface area is 157 Å². The Morgan fingerprint density at radius 1 is 1.27 bits per heavy atom. The summed E-state index contributed by atoms with van der Waals surface area (Å²) in [6.07, 6.45) is -2.41. The fourth-order valence-electron chi connectivity index (χ4n) is 2.66. The summed E-state index contributed by atoms with van der Waals surface area (Å²) in [5.74, 6) is 0.0552. The molecule has 1 aromatic heterocycles. The number of likely N-dealkylation sites (tertiary alicyclic amines) is 1. The number of hydrogen-bond acceptors (Lipinski definition) is 6. The maximum absolute atomic E-state index is 13.0. The quantitative estimate of drug-likeness (QED) is 0.751. The normalized spacial score (nSPS) is 15.9. The molecule has 1 saturated heterocycles. The van der Waals surface area contributed by atoms with Gasteiger partial charge in [0, 0.05) is 13.1 Å². The van der Waals surface area contributed by atoms with Crippen LogP contribution in [0.3, 0.4) is 0 Å². The monoisotopic (exact) mass is 402 g/mol. The number of aromatic nitrogens is 2. The summed E-state index contributed by atoms with van der Waals surface area (Å²) in [5, 5.41) is 10.5. The van der Waals surface area contributed by atoms with E-state index in [2.05, 4.69) is 15.5 Å². The first-order valence-electron chi connectivity index (χ1n) is 8.07. The maximum atomic E-state index is 13.0. The second kappa shape index (κ2) is 7.83. The molecule has 140 valence electrons. The lowest BCUT2D eigenvalue weighted by atomic mass is 10.2. The van der Waals surface area contributed by atoms with Gasteiger partial charge < -0.3 is 10.2 Å². The number of anilines is 2. The van der Waals surface area contributed by atoms with Crippen LogP contribution in [0.4, 0.5) is 24.0 Å². The minimum atomic E-state index is -4.46. The number of carbonyl (C=O) groups excluding carboxylic acids is 1. The third-order valence-electron chi connectivity index (χ3n) is 3.92. The smallest absolute Gasteiger partial charge is 0.342 e. The average Bonchev–Trinajstić information content (AvgIpc) is 3.26. The van der Waals surface area contributed by atoms with Gasteiger partial charge in [-0.3, -0.25) is 4.79 Å². The standard InChI is InChI=1S/C16H17F3N4OS2/c1-10(13(24)23-8-4-5-9-23)25-15-22-21-14(26-15)20-12-7-3-2-6-11(12)16(17,18)19/h2-3,6-7,10H,4-5,8-9H2,1H3,(H,20,21)/t10-/m0/s1. The molecular weight excluding hydrogens is 385 g/mol. The van der Waals surface area contributed by atoms with Crippen molar-refractivity contribution in [2.45, 2.75) is 35.5 Å². The number of alkyl halides is 3. The molecule has 0 spiro atoms. The molecule has 0 unspecified atom stereocenters. The van der Waals surface area contributed by atoms with Crippen LogP contribution in [0.15, 0.2) is 28.6 Å². The molecule has 1 atom stereocenters. The highest BCUT2D eigenvalue weighted by atomic mass is 32.2. The molecule has 1 fully saturated rings. The van der Waals surface area contributed by atoms with Crippen molar-refractivity contribution in [1.29, 1.82) is 0 Å². The van der Waals surface area contributed by atoms with E-state index < -0.39 is 11.7 Å². The molecule has 1 aromatic carbocycles. The molecule has 3 rings (SSSR count). The number of halogens is 3. The van der Waals surface area contributed by atoms with Crippen molar-refractivity contribution in [2.24, 2.45) is 0 Å². The highest BCUT2D eigenvalue weighted by Crippen LogP contribution is 2.37. The summed E-state index contributed by atoms with van der Waals surface area (Å²) in [6.45, 7) is 3.36. The molecule has 2 aromatic rings. The van der Waals surface area contributed by atoms with Crippen molar-refractivity contribution in [2.75, 3.05) is 18.4 Å². The van der Waals surface area contributed by atoms with Gasteiger partial charge in [-0.25, -0.2) is 0 Å². The number of benzene rings is 1. The number of rotatable bonds is 5. The van der Waals surface area contributed by atoms with E-state index in [0.717, 1.165) is 43.3 Å². The topological polar surface area (TPSA) is 58.1 Å². The molecular formula is C16H17F3N4OS2. The van der Waals surface area contributed by atoms with E-state index in [1.807, 2.05) is 4.90 Å². The average molecular weight is 402 g/mol. The van der Waals surface area contributed by atoms with Gasteiger partial charge in [0.15, 0.2) is 4.34 Å². The fourth-order valence-corrected chi connectivity index (χ4v) is 4.65. The maximum Gasteiger partial charge on any atom is 0.418 e. The summed E-state index contributed by atoms with van der Waals surface area (Å²) in [5.41, 5.74) is -0.837. The second-order valence-corrected chi connectivity index (χ2v) is 8.40. The molecule has 26 heavy (non-hydrogen) atoms. The second-order valence-electron chi connectivity index (χ2n) is 5.83. The van der Waals surface area contributed by atoms with Gasteiger partial charge in [0.05, 0.1) is 16.5 Å². The molecule has 1 aliphatic heterocycles. The Balaban J connectivity index is 1.66. The Bertz CT molecular complexity index is 775. The third-order valence-corrected chi connectivity index (χ3v) is 5.93. The van der Waals surface area contributed by atoms with E-state index >= 15 is 0 Å². The number of para-hydroxylation sites is 1. The molecule has 0 aliphatic carbocycles. The van der Waals surface area contributed by atoms with Crippen LogP contribution < -0.4 is 5.32 Å². The highest BCUT2D eigenvalue weighted by Gasteiger charge is 2.33. The largest absolute Gasteiger partial charge is 0.418 e. The number of nitrogens with one attached hydrogen (secondary N) is 1. The first-order chi connectivity index (χ1) is 12.3. The fraction of sp³-hybridized carbons (Fsp3) is 0.438. The SMILES string of the molecule is C[C@H](Sc1nnc(Nc2ccccc2C(F)(F)F)s1)C(=O)N1CCCC1. The molecule has 1 N–H and O–H groups in total. The van der Waals surface area contributed by atoms with Crippen LogP contribution in [0.5, 0.6) is 0 Å². The lowest BCUT2D eigenvalue weighted by molar-refractivity contribution is -0.137. The van der Waals surface area contributed by atoms with E-state index in [-0.39, 0.29) is 22.0 Å². The minimum Gasteiger partial charge on any atom is -0.342 e. The number of hydrogen-bond donors (Lipinski definition) is 1. The summed E-state index contributed by atoms with van der Waals surface area (Å²) >= 11 is 2.40. The Kier molecular flexibility index (Phi) is 5.71. The zero-order valence-corrected chi connectivity index (χ0v) is 15.5. The van der Waals surface area contributed by atoms with Crippen LogP contribution >= 0.6 is 23.1 Å². The summed E-state index contributed by atoms with van der Waals surface area (Å²) in [4.78, 5) is 14.2. The molecule has 0 saturated carbocycles. The van der Waals surface area contributed by atoms with Gasteiger partial charge in [0.25, 0.3) is 0 Å². The van der Waals surface area contributed by atoms with E-state index in [9.17, 15) is 18.0 Å². The minimum absolute atomic E-state index is 0.0552. The molecule has 5 nitrogen and oxygen atoms in total. The van der Waals surface area contributed by atoms with Crippen LogP contribution in [0.1, 0.15) is 25.3 Å². The molecule has 1 aliphatic rings. The first-order valence-corrected chi connectivity index (χ1v) is 9.76. The van der Waals surface area contributed by atoms with Crippen LogP contribution in [-0.4, -0.2) is 39.3 Å². The van der Waals surface area contributed by atoms with Crippen molar-refractivity contribution in [3.8, 4) is 0 Å². The van der Waals surface area contributed by atoms with Crippen molar-refractivity contribution in [3.05, 3.63) is 29.8 Å². The number of amides is 1. The summed E-state index contributed by atoms with van der Waals surface area (Å²) in [6, 6.07) is 5.21. The Morgan fingerprint density at radius 2 is 1.96 bits per heavy atom. The third kappa shape index (κ3) is 4.47. The van der Waals surface area contributed by atoms with Gasteiger partial charge in [0.2, 0.25) is 11.0 Å². The number of nitrogens with zero attached hydrogens (tertiary/aromatic N) is 3. The van der Waals surface area contributed by atoms with E-state index in [1.54, 1.807) is 6.92 Å². The zero-order chi connectivity index (χ0) is 18.7. The van der Waals surface area contributed by atoms with Gasteiger partial charge in [-0.2, -0.15) is 13.2 Å². The van der Waals surface area contributed by atoms with E-state index in [4.69, 9.17) is 0 Å². The van der Waals surface area contributed by atoms with Crippen molar-refractivity contribution < 1.29 is 18.0 Å². The van der Waals surface area contributed by atoms with Crippen LogP contribution in [0, 0.1) is 0 Å². The van der Waals surface area contributed by atoms with E-state index in [1.165, 1.54) is 30.0 Å². The van der Waals surface area contributed by atoms with Gasteiger partial charge in [0.1, 0.15) is 0 Å². The van der Waals surface area contributed by atoms with Crippen molar-refractivity contribution >= 4 is 39.8 Å². The van der Waals surface area contributed by atoms with Crippen LogP contribution in [0.2, 0.25) is 0 Å². The Hall–Kier alpha value is -1.81. The summed E-state index contributed by atoms with van der Waals surface area (Å²) < 4.78 is 39.7. The van der Waals surface area contributed by atoms with Gasteiger partial charge in [-0.05, 0) is 31.9 Å². The predicted molar refractivity (Wildman–Crippen MR) is 95.8 cm³/mol. The summed E-state index contributed by atoms with van der Waals surface area (Å²) in [7, 11) is 0. The number of carbonyl (C=O) groups is 1. The Morgan fingerprint density at radius 3 is 2.65 bits per heavy atom. The molecule has 0 radical (unpaired) electrons.